The van der Waals surface area contributed by atoms with Crippen LogP contribution in [0.25, 0.3) is 0 Å². The number of rotatable bonds is 6. The van der Waals surface area contributed by atoms with E-state index in [1.165, 1.54) is 18.4 Å². The standard InChI is InChI=1S/C13H19BrO/c1-3-4-12(9-14)10-15-13-7-5-11(2)6-8-13/h5-8,12H,3-4,9-10H2,1-2H3. The molecule has 2 heteroatoms. The van der Waals surface area contributed by atoms with Gasteiger partial charge in [0, 0.05) is 11.2 Å². The maximum Gasteiger partial charge on any atom is 0.119 e. The molecule has 0 aromatic heterocycles. The van der Waals surface area contributed by atoms with E-state index in [1.807, 2.05) is 12.1 Å². The third-order valence-electron chi connectivity index (χ3n) is 2.42. The number of aryl methyl sites for hydroxylation is 1. The molecule has 0 amide bonds. The molecule has 84 valence electrons. The Labute approximate surface area is 101 Å². The number of ether oxygens (including phenoxy) is 1. The Morgan fingerprint density at radius 3 is 2.47 bits per heavy atom. The normalized spacial score (nSPS) is 12.5. The molecular weight excluding hydrogens is 252 g/mol. The summed E-state index contributed by atoms with van der Waals surface area (Å²) in [5.74, 6) is 1.60. The molecule has 1 aromatic rings. The van der Waals surface area contributed by atoms with Crippen LogP contribution in [0.15, 0.2) is 24.3 Å². The van der Waals surface area contributed by atoms with Crippen LogP contribution in [0.1, 0.15) is 25.3 Å². The van der Waals surface area contributed by atoms with E-state index < -0.39 is 0 Å². The predicted molar refractivity (Wildman–Crippen MR) is 68.9 cm³/mol. The molecule has 0 N–H and O–H groups in total. The Hall–Kier alpha value is -0.500. The molecule has 1 rings (SSSR count). The summed E-state index contributed by atoms with van der Waals surface area (Å²) in [5.41, 5.74) is 1.27. The summed E-state index contributed by atoms with van der Waals surface area (Å²) in [6.45, 7) is 5.10. The first-order valence-corrected chi connectivity index (χ1v) is 6.63. The summed E-state index contributed by atoms with van der Waals surface area (Å²) >= 11 is 3.52. The fraction of sp³-hybridized carbons (Fsp3) is 0.538. The Morgan fingerprint density at radius 1 is 1.27 bits per heavy atom. The second kappa shape index (κ2) is 6.89. The number of benzene rings is 1. The van der Waals surface area contributed by atoms with E-state index in [9.17, 15) is 0 Å². The van der Waals surface area contributed by atoms with Crippen LogP contribution >= 0.6 is 15.9 Å². The summed E-state index contributed by atoms with van der Waals surface area (Å²) in [5, 5.41) is 1.02. The number of hydrogen-bond donors (Lipinski definition) is 0. The van der Waals surface area contributed by atoms with Crippen molar-refractivity contribution in [1.29, 1.82) is 0 Å². The molecule has 0 fully saturated rings. The highest BCUT2D eigenvalue weighted by atomic mass is 79.9. The third-order valence-corrected chi connectivity index (χ3v) is 3.34. The summed E-state index contributed by atoms with van der Waals surface area (Å²) < 4.78 is 5.74. The van der Waals surface area contributed by atoms with Crippen molar-refractivity contribution in [2.24, 2.45) is 5.92 Å². The van der Waals surface area contributed by atoms with E-state index in [1.54, 1.807) is 0 Å². The van der Waals surface area contributed by atoms with Gasteiger partial charge in [0.1, 0.15) is 5.75 Å². The highest BCUT2D eigenvalue weighted by molar-refractivity contribution is 9.09. The van der Waals surface area contributed by atoms with Gasteiger partial charge < -0.3 is 4.74 Å². The minimum atomic E-state index is 0.622. The molecule has 0 saturated heterocycles. The topological polar surface area (TPSA) is 9.23 Å². The molecule has 1 nitrogen and oxygen atoms in total. The van der Waals surface area contributed by atoms with E-state index >= 15 is 0 Å². The lowest BCUT2D eigenvalue weighted by Crippen LogP contribution is -2.13. The molecule has 0 heterocycles. The first-order valence-electron chi connectivity index (χ1n) is 5.51. The van der Waals surface area contributed by atoms with Crippen LogP contribution in [0.4, 0.5) is 0 Å². The minimum Gasteiger partial charge on any atom is -0.493 e. The molecule has 0 bridgehead atoms. The second-order valence-electron chi connectivity index (χ2n) is 3.93. The van der Waals surface area contributed by atoms with Gasteiger partial charge in [0.2, 0.25) is 0 Å². The maximum atomic E-state index is 5.74. The first kappa shape index (κ1) is 12.6. The van der Waals surface area contributed by atoms with E-state index in [-0.39, 0.29) is 0 Å². The van der Waals surface area contributed by atoms with Crippen molar-refractivity contribution in [2.45, 2.75) is 26.7 Å². The molecule has 0 aliphatic heterocycles. The van der Waals surface area contributed by atoms with Gasteiger partial charge in [-0.15, -0.1) is 0 Å². The van der Waals surface area contributed by atoms with Gasteiger partial charge in [0.15, 0.2) is 0 Å². The predicted octanol–water partition coefficient (Wildman–Crippen LogP) is 4.19. The van der Waals surface area contributed by atoms with Crippen molar-refractivity contribution < 1.29 is 4.74 Å². The van der Waals surface area contributed by atoms with Gasteiger partial charge in [0.25, 0.3) is 0 Å². The lowest BCUT2D eigenvalue weighted by Gasteiger charge is -2.14. The van der Waals surface area contributed by atoms with Crippen molar-refractivity contribution in [3.63, 3.8) is 0 Å². The van der Waals surface area contributed by atoms with Crippen LogP contribution in [0.5, 0.6) is 5.75 Å². The Morgan fingerprint density at radius 2 is 1.93 bits per heavy atom. The third kappa shape index (κ3) is 4.70. The Kier molecular flexibility index (Phi) is 5.77. The second-order valence-corrected chi connectivity index (χ2v) is 4.58. The van der Waals surface area contributed by atoms with E-state index in [2.05, 4.69) is 41.9 Å². The lowest BCUT2D eigenvalue weighted by molar-refractivity contribution is 0.255. The van der Waals surface area contributed by atoms with E-state index in [0.717, 1.165) is 17.7 Å². The van der Waals surface area contributed by atoms with E-state index in [0.29, 0.717) is 5.92 Å². The lowest BCUT2D eigenvalue weighted by atomic mass is 10.1. The molecule has 0 aliphatic carbocycles. The average molecular weight is 271 g/mol. The number of hydrogen-bond acceptors (Lipinski definition) is 1. The SMILES string of the molecule is CCCC(CBr)COc1ccc(C)cc1. The van der Waals surface area contributed by atoms with Crippen molar-refractivity contribution in [3.8, 4) is 5.75 Å². The van der Waals surface area contributed by atoms with Crippen molar-refractivity contribution in [3.05, 3.63) is 29.8 Å². The summed E-state index contributed by atoms with van der Waals surface area (Å²) in [6.07, 6.45) is 2.44. The highest BCUT2D eigenvalue weighted by Crippen LogP contribution is 2.15. The molecule has 0 radical (unpaired) electrons. The van der Waals surface area contributed by atoms with Crippen LogP contribution in [0, 0.1) is 12.8 Å². The largest absolute Gasteiger partial charge is 0.493 e. The highest BCUT2D eigenvalue weighted by Gasteiger charge is 2.06. The molecule has 1 unspecified atom stereocenters. The van der Waals surface area contributed by atoms with Gasteiger partial charge in [-0.1, -0.05) is 47.0 Å². The smallest absolute Gasteiger partial charge is 0.119 e. The maximum absolute atomic E-state index is 5.74. The number of halogens is 1. The Balaban J connectivity index is 2.38. The average Bonchev–Trinajstić information content (AvgIpc) is 2.26. The fourth-order valence-corrected chi connectivity index (χ4v) is 1.97. The van der Waals surface area contributed by atoms with Gasteiger partial charge in [0.05, 0.1) is 6.61 Å². The molecule has 1 atom stereocenters. The zero-order valence-electron chi connectivity index (χ0n) is 9.50. The first-order chi connectivity index (χ1) is 7.26. The Bertz CT molecular complexity index is 268. The van der Waals surface area contributed by atoms with Crippen LogP contribution in [0.3, 0.4) is 0 Å². The number of alkyl halides is 1. The van der Waals surface area contributed by atoms with Gasteiger partial charge in [-0.2, -0.15) is 0 Å². The van der Waals surface area contributed by atoms with Crippen LogP contribution < -0.4 is 4.74 Å². The summed E-state index contributed by atoms with van der Waals surface area (Å²) in [6, 6.07) is 8.23. The summed E-state index contributed by atoms with van der Waals surface area (Å²) in [7, 11) is 0. The van der Waals surface area contributed by atoms with Gasteiger partial charge in [-0.3, -0.25) is 0 Å². The van der Waals surface area contributed by atoms with E-state index in [4.69, 9.17) is 4.74 Å². The molecular formula is C13H19BrO. The van der Waals surface area contributed by atoms with Crippen molar-refractivity contribution >= 4 is 15.9 Å². The minimum absolute atomic E-state index is 0.622. The zero-order chi connectivity index (χ0) is 11.1. The van der Waals surface area contributed by atoms with Crippen molar-refractivity contribution in [2.75, 3.05) is 11.9 Å². The van der Waals surface area contributed by atoms with Crippen molar-refractivity contribution in [1.82, 2.24) is 0 Å². The van der Waals surface area contributed by atoms with Gasteiger partial charge in [-0.25, -0.2) is 0 Å². The molecule has 0 saturated carbocycles. The quantitative estimate of drug-likeness (QED) is 0.705. The fourth-order valence-electron chi connectivity index (χ4n) is 1.46. The van der Waals surface area contributed by atoms with Crippen LogP contribution in [-0.2, 0) is 0 Å². The molecule has 1 aromatic carbocycles. The van der Waals surface area contributed by atoms with Gasteiger partial charge >= 0.3 is 0 Å². The van der Waals surface area contributed by atoms with Crippen LogP contribution in [0.2, 0.25) is 0 Å². The molecule has 15 heavy (non-hydrogen) atoms. The zero-order valence-corrected chi connectivity index (χ0v) is 11.1. The van der Waals surface area contributed by atoms with Crippen LogP contribution in [-0.4, -0.2) is 11.9 Å². The molecule has 0 spiro atoms. The summed E-state index contributed by atoms with van der Waals surface area (Å²) in [4.78, 5) is 0. The van der Waals surface area contributed by atoms with Gasteiger partial charge in [-0.05, 0) is 25.5 Å². The molecule has 0 aliphatic rings. The monoisotopic (exact) mass is 270 g/mol.